The first-order valence-electron chi connectivity index (χ1n) is 14.8. The Balaban J connectivity index is 1.78. The molecule has 0 spiro atoms. The number of anilines is 1. The molecule has 0 saturated heterocycles. The number of carbonyl (C=O) groups is 2. The van der Waals surface area contributed by atoms with Gasteiger partial charge in [0.2, 0.25) is 11.8 Å². The molecule has 1 N–H and O–H groups in total. The van der Waals surface area contributed by atoms with Gasteiger partial charge < -0.3 is 10.2 Å². The van der Waals surface area contributed by atoms with E-state index in [2.05, 4.69) is 21.2 Å². The van der Waals surface area contributed by atoms with Crippen molar-refractivity contribution in [3.05, 3.63) is 130 Å². The zero-order chi connectivity index (χ0) is 32.4. The fourth-order valence-corrected chi connectivity index (χ4v) is 6.50. The summed E-state index contributed by atoms with van der Waals surface area (Å²) in [5.41, 5.74) is 2.81. The molecule has 0 radical (unpaired) electrons. The molecule has 4 aromatic rings. The van der Waals surface area contributed by atoms with Crippen LogP contribution in [0.1, 0.15) is 36.5 Å². The van der Waals surface area contributed by atoms with Crippen LogP contribution in [0.25, 0.3) is 0 Å². The van der Waals surface area contributed by atoms with E-state index in [1.54, 1.807) is 24.3 Å². The summed E-state index contributed by atoms with van der Waals surface area (Å²) in [5, 5.41) is 2.98. The fourth-order valence-electron chi connectivity index (χ4n) is 4.82. The lowest BCUT2D eigenvalue weighted by atomic mass is 10.0. The molecule has 0 saturated carbocycles. The Hall–Kier alpha value is -4.02. The molecular formula is C35H37BrFN3O4S. The molecule has 0 unspecified atom stereocenters. The highest BCUT2D eigenvalue weighted by molar-refractivity contribution is 9.10. The number of sulfonamides is 1. The van der Waals surface area contributed by atoms with Gasteiger partial charge in [0.1, 0.15) is 18.4 Å². The Bertz CT molecular complexity index is 1670. The number of carbonyl (C=O) groups excluding carboxylic acids is 2. The van der Waals surface area contributed by atoms with Crippen molar-refractivity contribution in [2.24, 2.45) is 0 Å². The number of benzene rings is 4. The number of hydrogen-bond donors (Lipinski definition) is 1. The predicted molar refractivity (Wildman–Crippen MR) is 179 cm³/mol. The largest absolute Gasteiger partial charge is 0.354 e. The topological polar surface area (TPSA) is 86.8 Å². The van der Waals surface area contributed by atoms with Crippen LogP contribution in [0.3, 0.4) is 0 Å². The van der Waals surface area contributed by atoms with E-state index in [-0.39, 0.29) is 29.5 Å². The molecule has 0 aliphatic rings. The first-order chi connectivity index (χ1) is 21.6. The number of nitrogens with one attached hydrogen (secondary N) is 1. The van der Waals surface area contributed by atoms with Gasteiger partial charge in [-0.25, -0.2) is 12.8 Å². The zero-order valence-electron chi connectivity index (χ0n) is 25.3. The summed E-state index contributed by atoms with van der Waals surface area (Å²) >= 11 is 3.44. The summed E-state index contributed by atoms with van der Waals surface area (Å²) in [5.74, 6) is -1.46. The van der Waals surface area contributed by atoms with Crippen molar-refractivity contribution in [1.82, 2.24) is 10.2 Å². The molecule has 4 rings (SSSR count). The van der Waals surface area contributed by atoms with Crippen molar-refractivity contribution in [2.75, 3.05) is 17.4 Å². The van der Waals surface area contributed by atoms with Gasteiger partial charge in [-0.3, -0.25) is 13.9 Å². The molecule has 2 amide bonds. The molecule has 7 nitrogen and oxygen atoms in total. The maximum atomic E-state index is 14.4. The Morgan fingerprint density at radius 1 is 0.867 bits per heavy atom. The Kier molecular flexibility index (Phi) is 11.9. The summed E-state index contributed by atoms with van der Waals surface area (Å²) in [6, 6.07) is 27.1. The van der Waals surface area contributed by atoms with E-state index in [1.165, 1.54) is 17.0 Å². The van der Waals surface area contributed by atoms with Crippen molar-refractivity contribution >= 4 is 43.5 Å². The summed E-state index contributed by atoms with van der Waals surface area (Å²) in [6.07, 6.45) is 1.90. The number of hydrogen-bond acceptors (Lipinski definition) is 4. The maximum absolute atomic E-state index is 14.4. The summed E-state index contributed by atoms with van der Waals surface area (Å²) < 4.78 is 43.6. The molecule has 0 heterocycles. The predicted octanol–water partition coefficient (Wildman–Crippen LogP) is 6.65. The molecule has 1 atom stereocenters. The molecule has 0 fully saturated rings. The maximum Gasteiger partial charge on any atom is 0.264 e. The van der Waals surface area contributed by atoms with Crippen molar-refractivity contribution in [3.63, 3.8) is 0 Å². The molecular weight excluding hydrogens is 657 g/mol. The smallest absolute Gasteiger partial charge is 0.264 e. The first-order valence-corrected chi connectivity index (χ1v) is 17.0. The minimum absolute atomic E-state index is 0.0726. The van der Waals surface area contributed by atoms with Crippen LogP contribution >= 0.6 is 15.9 Å². The van der Waals surface area contributed by atoms with Crippen LogP contribution in [0.5, 0.6) is 0 Å². The van der Waals surface area contributed by atoms with Crippen molar-refractivity contribution in [3.8, 4) is 0 Å². The van der Waals surface area contributed by atoms with Gasteiger partial charge in [-0.1, -0.05) is 89.4 Å². The van der Waals surface area contributed by atoms with E-state index in [4.69, 9.17) is 0 Å². The Morgan fingerprint density at radius 3 is 2.13 bits per heavy atom. The Labute approximate surface area is 273 Å². The molecule has 10 heteroatoms. The van der Waals surface area contributed by atoms with E-state index < -0.39 is 34.3 Å². The van der Waals surface area contributed by atoms with Crippen LogP contribution in [0.4, 0.5) is 10.1 Å². The van der Waals surface area contributed by atoms with E-state index in [9.17, 15) is 22.4 Å². The van der Waals surface area contributed by atoms with Crippen molar-refractivity contribution in [1.29, 1.82) is 0 Å². The lowest BCUT2D eigenvalue weighted by Gasteiger charge is -2.34. The minimum Gasteiger partial charge on any atom is -0.354 e. The van der Waals surface area contributed by atoms with Gasteiger partial charge in [0, 0.05) is 24.0 Å². The summed E-state index contributed by atoms with van der Waals surface area (Å²) in [4.78, 5) is 29.5. The third kappa shape index (κ3) is 9.25. The highest BCUT2D eigenvalue weighted by atomic mass is 79.9. The lowest BCUT2D eigenvalue weighted by Crippen LogP contribution is -2.53. The number of rotatable bonds is 14. The SMILES string of the molecule is CCCCNC(=O)[C@@H](Cc1ccccc1)N(Cc1ccc(Br)cc1)C(=O)CN(c1ccc(C)cc1)S(=O)(=O)c1ccc(F)cc1. The van der Waals surface area contributed by atoms with Crippen LogP contribution in [0, 0.1) is 12.7 Å². The number of amides is 2. The second-order valence-corrected chi connectivity index (χ2v) is 13.6. The van der Waals surface area contributed by atoms with Crippen LogP contribution in [0.15, 0.2) is 112 Å². The van der Waals surface area contributed by atoms with Crippen LogP contribution in [0.2, 0.25) is 0 Å². The number of unbranched alkanes of at least 4 members (excludes halogenated alkanes) is 1. The van der Waals surface area contributed by atoms with Gasteiger partial charge in [0.05, 0.1) is 10.6 Å². The standard InChI is InChI=1S/C35H37BrFN3O4S/c1-3-4-22-38-35(42)33(23-27-8-6-5-7-9-27)39(24-28-12-14-29(36)15-13-28)34(41)25-40(31-18-10-26(2)11-19-31)45(43,44)32-20-16-30(37)17-21-32/h5-21,33H,3-4,22-25H2,1-2H3,(H,38,42)/t33-/m1/s1. The first kappa shape index (κ1) is 33.9. The van der Waals surface area contributed by atoms with Gasteiger partial charge >= 0.3 is 0 Å². The molecule has 0 aromatic heterocycles. The summed E-state index contributed by atoms with van der Waals surface area (Å²) in [6.45, 7) is 3.85. The third-order valence-electron chi connectivity index (χ3n) is 7.37. The quantitative estimate of drug-likeness (QED) is 0.150. The van der Waals surface area contributed by atoms with Gasteiger partial charge in [-0.2, -0.15) is 0 Å². The van der Waals surface area contributed by atoms with Crippen LogP contribution in [-0.4, -0.2) is 44.3 Å². The number of halogens is 2. The van der Waals surface area contributed by atoms with Gasteiger partial charge in [-0.05, 0) is 73.0 Å². The van der Waals surface area contributed by atoms with Gasteiger partial charge in [0.15, 0.2) is 0 Å². The van der Waals surface area contributed by atoms with E-state index in [0.717, 1.165) is 50.4 Å². The summed E-state index contributed by atoms with van der Waals surface area (Å²) in [7, 11) is -4.30. The monoisotopic (exact) mass is 693 g/mol. The average Bonchev–Trinajstić information content (AvgIpc) is 3.03. The molecule has 45 heavy (non-hydrogen) atoms. The van der Waals surface area contributed by atoms with E-state index >= 15 is 0 Å². The zero-order valence-corrected chi connectivity index (χ0v) is 27.7. The van der Waals surface area contributed by atoms with Gasteiger partial charge in [-0.15, -0.1) is 0 Å². The fraction of sp³-hybridized carbons (Fsp3) is 0.257. The highest BCUT2D eigenvalue weighted by Gasteiger charge is 2.34. The second kappa shape index (κ2) is 15.8. The lowest BCUT2D eigenvalue weighted by molar-refractivity contribution is -0.140. The van der Waals surface area contributed by atoms with Crippen molar-refractivity contribution < 1.29 is 22.4 Å². The molecule has 0 bridgehead atoms. The van der Waals surface area contributed by atoms with Crippen LogP contribution in [-0.2, 0) is 32.6 Å². The van der Waals surface area contributed by atoms with Crippen molar-refractivity contribution in [2.45, 2.75) is 50.6 Å². The second-order valence-electron chi connectivity index (χ2n) is 10.8. The van der Waals surface area contributed by atoms with Gasteiger partial charge in [0.25, 0.3) is 10.0 Å². The van der Waals surface area contributed by atoms with Crippen LogP contribution < -0.4 is 9.62 Å². The van der Waals surface area contributed by atoms with E-state index in [0.29, 0.717) is 6.54 Å². The third-order valence-corrected chi connectivity index (χ3v) is 9.69. The molecule has 4 aromatic carbocycles. The van der Waals surface area contributed by atoms with E-state index in [1.807, 2.05) is 68.4 Å². The minimum atomic E-state index is -4.30. The molecule has 0 aliphatic carbocycles. The Morgan fingerprint density at radius 2 is 1.51 bits per heavy atom. The molecule has 0 aliphatic heterocycles. The average molecular weight is 695 g/mol. The highest BCUT2D eigenvalue weighted by Crippen LogP contribution is 2.26. The normalized spacial score (nSPS) is 11.9. The molecule has 236 valence electrons. The number of nitrogens with zero attached hydrogens (tertiary/aromatic N) is 2. The number of aryl methyl sites for hydroxylation is 1.